The summed E-state index contributed by atoms with van der Waals surface area (Å²) in [6.07, 6.45) is 0. The van der Waals surface area contributed by atoms with Crippen LogP contribution in [0.25, 0.3) is 0 Å². The molecule has 20 heavy (non-hydrogen) atoms. The van der Waals surface area contributed by atoms with Crippen LogP contribution in [0, 0.1) is 25.3 Å². The number of hydrogen-bond acceptors (Lipinski definition) is 0. The van der Waals surface area contributed by atoms with Crippen LogP contribution < -0.4 is 0 Å². The lowest BCUT2D eigenvalue weighted by Crippen LogP contribution is -2.43. The minimum absolute atomic E-state index is 0.696. The molecular weight excluding hydrogens is 256 g/mol. The van der Waals surface area contributed by atoms with Crippen molar-refractivity contribution in [1.29, 1.82) is 0 Å². The lowest BCUT2D eigenvalue weighted by atomic mass is 10.1. The molecule has 110 valence electrons. The summed E-state index contributed by atoms with van der Waals surface area (Å²) >= 11 is 0. The smallest absolute Gasteiger partial charge is 0.125 e. The van der Waals surface area contributed by atoms with Crippen molar-refractivity contribution in [3.05, 3.63) is 34.9 Å². The number of benzene rings is 1. The van der Waals surface area contributed by atoms with Gasteiger partial charge in [-0.3, -0.25) is 0 Å². The van der Waals surface area contributed by atoms with Gasteiger partial charge in [0.2, 0.25) is 0 Å². The van der Waals surface area contributed by atoms with Gasteiger partial charge in [-0.15, -0.1) is 5.54 Å². The fourth-order valence-electron chi connectivity index (χ4n) is 3.43. The lowest BCUT2D eigenvalue weighted by molar-refractivity contribution is 0.838. The molecule has 1 heteroatoms. The van der Waals surface area contributed by atoms with Gasteiger partial charge in [-0.05, 0) is 53.7 Å². The van der Waals surface area contributed by atoms with Gasteiger partial charge in [0, 0.05) is 5.56 Å². The average molecular weight is 287 g/mol. The molecule has 0 unspecified atom stereocenters. The fraction of sp³-hybridized carbons (Fsp3) is 0.579. The SMILES string of the molecule is Cc1ccc(C#C[Si](C(C)C)(C(C)C)C(C)C)cc1C. The first-order valence-electron chi connectivity index (χ1n) is 7.82. The van der Waals surface area contributed by atoms with E-state index < -0.39 is 8.07 Å². The van der Waals surface area contributed by atoms with Crippen LogP contribution >= 0.6 is 0 Å². The highest BCUT2D eigenvalue weighted by Crippen LogP contribution is 2.40. The van der Waals surface area contributed by atoms with E-state index in [1.54, 1.807) is 0 Å². The molecule has 0 N–H and O–H groups in total. The first kappa shape index (κ1) is 17.0. The van der Waals surface area contributed by atoms with E-state index in [2.05, 4.69) is 85.1 Å². The van der Waals surface area contributed by atoms with E-state index in [-0.39, 0.29) is 0 Å². The zero-order chi connectivity index (χ0) is 15.5. The predicted molar refractivity (Wildman–Crippen MR) is 93.8 cm³/mol. The molecule has 0 nitrogen and oxygen atoms in total. The monoisotopic (exact) mass is 286 g/mol. The van der Waals surface area contributed by atoms with E-state index in [0.717, 1.165) is 0 Å². The molecule has 0 amide bonds. The summed E-state index contributed by atoms with van der Waals surface area (Å²) < 4.78 is 0. The van der Waals surface area contributed by atoms with Crippen molar-refractivity contribution >= 4 is 8.07 Å². The Labute approximate surface area is 127 Å². The van der Waals surface area contributed by atoms with Gasteiger partial charge in [-0.1, -0.05) is 53.5 Å². The quantitative estimate of drug-likeness (QED) is 0.481. The van der Waals surface area contributed by atoms with E-state index >= 15 is 0 Å². The summed E-state index contributed by atoms with van der Waals surface area (Å²) in [5, 5.41) is 0. The summed E-state index contributed by atoms with van der Waals surface area (Å²) in [4.78, 5) is 0. The summed E-state index contributed by atoms with van der Waals surface area (Å²) in [5.74, 6) is 3.51. The lowest BCUT2D eigenvalue weighted by Gasteiger charge is -2.38. The molecule has 0 spiro atoms. The highest BCUT2D eigenvalue weighted by atomic mass is 28.3. The maximum atomic E-state index is 3.78. The second-order valence-corrected chi connectivity index (χ2v) is 12.5. The van der Waals surface area contributed by atoms with Crippen molar-refractivity contribution in [2.24, 2.45) is 0 Å². The van der Waals surface area contributed by atoms with E-state index in [9.17, 15) is 0 Å². The van der Waals surface area contributed by atoms with Gasteiger partial charge in [0.1, 0.15) is 8.07 Å². The summed E-state index contributed by atoms with van der Waals surface area (Å²) in [6.45, 7) is 18.5. The maximum Gasteiger partial charge on any atom is 0.146 e. The van der Waals surface area contributed by atoms with Gasteiger partial charge in [0.05, 0.1) is 0 Å². The minimum Gasteiger partial charge on any atom is -0.125 e. The molecule has 0 aliphatic heterocycles. The second kappa shape index (κ2) is 6.63. The third-order valence-electron chi connectivity index (χ3n) is 4.80. The maximum absolute atomic E-state index is 3.78. The molecule has 1 rings (SSSR count). The molecule has 0 fully saturated rings. The Morgan fingerprint density at radius 3 is 1.70 bits per heavy atom. The van der Waals surface area contributed by atoms with Crippen LogP contribution in [0.15, 0.2) is 18.2 Å². The van der Waals surface area contributed by atoms with Crippen molar-refractivity contribution in [3.63, 3.8) is 0 Å². The molecule has 0 saturated heterocycles. The Bertz CT molecular complexity index is 491. The second-order valence-electron chi connectivity index (χ2n) is 6.95. The Morgan fingerprint density at radius 1 is 0.800 bits per heavy atom. The minimum atomic E-state index is -1.60. The van der Waals surface area contributed by atoms with E-state index in [1.165, 1.54) is 16.7 Å². The normalized spacial score (nSPS) is 11.9. The number of hydrogen-bond donors (Lipinski definition) is 0. The highest BCUT2D eigenvalue weighted by molar-refractivity contribution is 6.90. The molecule has 0 heterocycles. The molecule has 1 aromatic carbocycles. The van der Waals surface area contributed by atoms with Crippen molar-refractivity contribution in [3.8, 4) is 11.5 Å². The molecular formula is C19H30Si. The zero-order valence-electron chi connectivity index (χ0n) is 14.5. The fourth-order valence-corrected chi connectivity index (χ4v) is 8.66. The predicted octanol–water partition coefficient (Wildman–Crippen LogP) is 5.87. The van der Waals surface area contributed by atoms with E-state index in [0.29, 0.717) is 16.6 Å². The molecule has 0 radical (unpaired) electrons. The van der Waals surface area contributed by atoms with Gasteiger partial charge in [0.25, 0.3) is 0 Å². The summed E-state index contributed by atoms with van der Waals surface area (Å²) in [5.41, 5.74) is 9.72. The molecule has 0 aromatic heterocycles. The van der Waals surface area contributed by atoms with Crippen LogP contribution in [-0.2, 0) is 0 Å². The van der Waals surface area contributed by atoms with Crippen LogP contribution in [0.3, 0.4) is 0 Å². The Kier molecular flexibility index (Phi) is 5.65. The van der Waals surface area contributed by atoms with Crippen molar-refractivity contribution in [2.45, 2.75) is 72.0 Å². The van der Waals surface area contributed by atoms with Crippen molar-refractivity contribution < 1.29 is 0 Å². The van der Waals surface area contributed by atoms with Gasteiger partial charge < -0.3 is 0 Å². The van der Waals surface area contributed by atoms with Gasteiger partial charge in [0.15, 0.2) is 0 Å². The van der Waals surface area contributed by atoms with Gasteiger partial charge >= 0.3 is 0 Å². The summed E-state index contributed by atoms with van der Waals surface area (Å²) in [6, 6.07) is 6.57. The third-order valence-corrected chi connectivity index (χ3v) is 11.1. The first-order valence-corrected chi connectivity index (χ1v) is 10.1. The topological polar surface area (TPSA) is 0 Å². The first-order chi connectivity index (χ1) is 9.21. The molecule has 0 saturated carbocycles. The average Bonchev–Trinajstić information content (AvgIpc) is 2.33. The van der Waals surface area contributed by atoms with Gasteiger partial charge in [-0.2, -0.15) is 0 Å². The van der Waals surface area contributed by atoms with Crippen LogP contribution in [-0.4, -0.2) is 8.07 Å². The standard InChI is InChI=1S/C19H30Si/c1-14(2)20(15(3)4,16(5)6)12-11-19-10-9-17(7)18(8)13-19/h9-10,13-16H,1-8H3. The van der Waals surface area contributed by atoms with Crippen LogP contribution in [0.2, 0.25) is 16.6 Å². The van der Waals surface area contributed by atoms with E-state index in [1.807, 2.05) is 0 Å². The van der Waals surface area contributed by atoms with Crippen molar-refractivity contribution in [1.82, 2.24) is 0 Å². The van der Waals surface area contributed by atoms with Crippen LogP contribution in [0.1, 0.15) is 58.2 Å². The number of rotatable bonds is 3. The molecule has 0 aliphatic carbocycles. The highest BCUT2D eigenvalue weighted by Gasteiger charge is 2.41. The Balaban J connectivity index is 3.26. The van der Waals surface area contributed by atoms with Gasteiger partial charge in [-0.25, -0.2) is 0 Å². The van der Waals surface area contributed by atoms with Crippen LogP contribution in [0.4, 0.5) is 0 Å². The zero-order valence-corrected chi connectivity index (χ0v) is 15.5. The third kappa shape index (κ3) is 3.36. The number of aryl methyl sites for hydroxylation is 2. The molecule has 0 aliphatic rings. The molecule has 0 bridgehead atoms. The van der Waals surface area contributed by atoms with Crippen molar-refractivity contribution in [2.75, 3.05) is 0 Å². The Morgan fingerprint density at radius 2 is 1.30 bits per heavy atom. The largest absolute Gasteiger partial charge is 0.146 e. The van der Waals surface area contributed by atoms with E-state index in [4.69, 9.17) is 0 Å². The van der Waals surface area contributed by atoms with Crippen LogP contribution in [0.5, 0.6) is 0 Å². The molecule has 0 atom stereocenters. The molecule has 1 aromatic rings. The Hall–Kier alpha value is -1.00. The summed E-state index contributed by atoms with van der Waals surface area (Å²) in [7, 11) is -1.60.